The topological polar surface area (TPSA) is 29.5 Å². The Kier molecular flexibility index (Phi) is 3.84. The summed E-state index contributed by atoms with van der Waals surface area (Å²) in [7, 11) is 1.60. The van der Waals surface area contributed by atoms with Crippen LogP contribution in [0.2, 0.25) is 0 Å². The van der Waals surface area contributed by atoms with Crippen LogP contribution >= 0.6 is 0 Å². The number of ether oxygens (including phenoxy) is 1. The molecule has 0 aromatic heterocycles. The molecule has 100 valence electrons. The molecule has 1 aromatic rings. The molecule has 2 heteroatoms. The zero-order chi connectivity index (χ0) is 13.2. The van der Waals surface area contributed by atoms with Crippen LogP contribution in [0.3, 0.4) is 0 Å². The minimum atomic E-state index is 0.226. The van der Waals surface area contributed by atoms with Gasteiger partial charge in [0.05, 0.1) is 7.11 Å². The predicted molar refractivity (Wildman–Crippen MR) is 74.1 cm³/mol. The van der Waals surface area contributed by atoms with E-state index in [2.05, 4.69) is 13.8 Å². The van der Waals surface area contributed by atoms with Crippen molar-refractivity contribution in [3.05, 3.63) is 23.8 Å². The quantitative estimate of drug-likeness (QED) is 0.870. The van der Waals surface area contributed by atoms with Crippen molar-refractivity contribution in [2.45, 2.75) is 46.0 Å². The fourth-order valence-corrected chi connectivity index (χ4v) is 3.08. The summed E-state index contributed by atoms with van der Waals surface area (Å²) in [5.41, 5.74) is 1.70. The van der Waals surface area contributed by atoms with E-state index in [9.17, 15) is 5.11 Å². The van der Waals surface area contributed by atoms with Crippen LogP contribution in [0.25, 0.3) is 0 Å². The predicted octanol–water partition coefficient (Wildman–Crippen LogP) is 4.16. The lowest BCUT2D eigenvalue weighted by molar-refractivity contribution is 0.137. The van der Waals surface area contributed by atoms with Gasteiger partial charge in [-0.3, -0.25) is 0 Å². The minimum absolute atomic E-state index is 0.226. The number of hydrogen-bond donors (Lipinski definition) is 1. The molecular formula is C16H24O2. The number of aromatic hydroxyl groups is 1. The molecular weight excluding hydrogens is 224 g/mol. The van der Waals surface area contributed by atoms with Gasteiger partial charge in [0, 0.05) is 0 Å². The molecule has 0 bridgehead atoms. The first-order valence-corrected chi connectivity index (χ1v) is 6.89. The molecule has 0 radical (unpaired) electrons. The zero-order valence-corrected chi connectivity index (χ0v) is 11.7. The highest BCUT2D eigenvalue weighted by Crippen LogP contribution is 2.42. The fourth-order valence-electron chi connectivity index (χ4n) is 3.08. The molecule has 2 rings (SSSR count). The Labute approximate surface area is 110 Å². The van der Waals surface area contributed by atoms with Gasteiger partial charge in [-0.25, -0.2) is 0 Å². The summed E-state index contributed by atoms with van der Waals surface area (Å²) in [4.78, 5) is 0. The van der Waals surface area contributed by atoms with Gasteiger partial charge in [0.1, 0.15) is 0 Å². The van der Waals surface area contributed by atoms with E-state index < -0.39 is 0 Å². The Bertz CT molecular complexity index is 410. The highest BCUT2D eigenvalue weighted by Gasteiger charge is 2.32. The molecule has 1 aromatic carbocycles. The lowest BCUT2D eigenvalue weighted by atomic mass is 9.67. The minimum Gasteiger partial charge on any atom is -0.504 e. The van der Waals surface area contributed by atoms with E-state index in [-0.39, 0.29) is 5.75 Å². The van der Waals surface area contributed by atoms with Crippen LogP contribution in [-0.4, -0.2) is 12.2 Å². The Morgan fingerprint density at radius 2 is 2.11 bits per heavy atom. The summed E-state index contributed by atoms with van der Waals surface area (Å²) in [5, 5.41) is 9.62. The highest BCUT2D eigenvalue weighted by molar-refractivity contribution is 5.41. The van der Waals surface area contributed by atoms with Crippen molar-refractivity contribution in [2.24, 2.45) is 11.3 Å². The molecule has 0 aliphatic heterocycles. The molecule has 1 N–H and O–H groups in total. The number of hydrogen-bond acceptors (Lipinski definition) is 2. The third-order valence-electron chi connectivity index (χ3n) is 4.46. The normalized spacial score (nSPS) is 22.7. The number of benzene rings is 1. The Morgan fingerprint density at radius 3 is 2.78 bits per heavy atom. The summed E-state index contributed by atoms with van der Waals surface area (Å²) in [6.07, 6.45) is 6.44. The van der Waals surface area contributed by atoms with Crippen LogP contribution in [0, 0.1) is 11.3 Å². The third-order valence-corrected chi connectivity index (χ3v) is 4.46. The van der Waals surface area contributed by atoms with Gasteiger partial charge in [-0.1, -0.05) is 32.8 Å². The molecule has 0 amide bonds. The first-order chi connectivity index (χ1) is 8.53. The number of rotatable bonds is 3. The Balaban J connectivity index is 2.13. The Hall–Kier alpha value is -1.18. The van der Waals surface area contributed by atoms with Gasteiger partial charge < -0.3 is 9.84 Å². The van der Waals surface area contributed by atoms with Crippen LogP contribution in [0.1, 0.15) is 45.1 Å². The molecule has 0 unspecified atom stereocenters. The average molecular weight is 248 g/mol. The third kappa shape index (κ3) is 2.80. The van der Waals surface area contributed by atoms with Crippen molar-refractivity contribution in [1.82, 2.24) is 0 Å². The van der Waals surface area contributed by atoms with Gasteiger partial charge in [-0.2, -0.15) is 0 Å². The van der Waals surface area contributed by atoms with Gasteiger partial charge in [-0.05, 0) is 48.3 Å². The fraction of sp³-hybridized carbons (Fsp3) is 0.625. The summed E-state index contributed by atoms with van der Waals surface area (Å²) in [6.45, 7) is 4.77. The standard InChI is InChI=1S/C16H24O2/c1-16(2)9-5-4-6-13(16)10-12-7-8-14(17)15(11-12)18-3/h7-8,11,13,17H,4-6,9-10H2,1-3H3/t13-/m0/s1. The molecule has 0 heterocycles. The molecule has 1 saturated carbocycles. The number of methoxy groups -OCH3 is 1. The van der Waals surface area contributed by atoms with E-state index in [0.29, 0.717) is 11.2 Å². The lowest BCUT2D eigenvalue weighted by Gasteiger charge is -2.39. The maximum Gasteiger partial charge on any atom is 0.160 e. The van der Waals surface area contributed by atoms with Gasteiger partial charge in [0.2, 0.25) is 0 Å². The van der Waals surface area contributed by atoms with Crippen molar-refractivity contribution >= 4 is 0 Å². The van der Waals surface area contributed by atoms with E-state index in [0.717, 1.165) is 12.3 Å². The van der Waals surface area contributed by atoms with Gasteiger partial charge in [0.15, 0.2) is 11.5 Å². The van der Waals surface area contributed by atoms with E-state index in [1.807, 2.05) is 12.1 Å². The molecule has 1 aliphatic carbocycles. The SMILES string of the molecule is COc1cc(C[C@@H]2CCCCC2(C)C)ccc1O. The molecule has 1 atom stereocenters. The first-order valence-electron chi connectivity index (χ1n) is 6.89. The van der Waals surface area contributed by atoms with Gasteiger partial charge >= 0.3 is 0 Å². The van der Waals surface area contributed by atoms with E-state index in [1.54, 1.807) is 13.2 Å². The first kappa shape index (κ1) is 13.3. The maximum atomic E-state index is 9.62. The van der Waals surface area contributed by atoms with E-state index in [1.165, 1.54) is 31.2 Å². The summed E-state index contributed by atoms with van der Waals surface area (Å²) >= 11 is 0. The van der Waals surface area contributed by atoms with Crippen LogP contribution in [0.15, 0.2) is 18.2 Å². The van der Waals surface area contributed by atoms with Crippen LogP contribution in [0.4, 0.5) is 0 Å². The second kappa shape index (κ2) is 5.21. The van der Waals surface area contributed by atoms with Crippen LogP contribution in [0.5, 0.6) is 11.5 Å². The van der Waals surface area contributed by atoms with Gasteiger partial charge in [-0.15, -0.1) is 0 Å². The maximum absolute atomic E-state index is 9.62. The average Bonchev–Trinajstić information content (AvgIpc) is 2.34. The van der Waals surface area contributed by atoms with Gasteiger partial charge in [0.25, 0.3) is 0 Å². The summed E-state index contributed by atoms with van der Waals surface area (Å²) in [5.74, 6) is 1.55. The zero-order valence-electron chi connectivity index (χ0n) is 11.7. The molecule has 0 saturated heterocycles. The second-order valence-corrected chi connectivity index (χ2v) is 6.14. The second-order valence-electron chi connectivity index (χ2n) is 6.14. The molecule has 18 heavy (non-hydrogen) atoms. The highest BCUT2D eigenvalue weighted by atomic mass is 16.5. The van der Waals surface area contributed by atoms with Crippen LogP contribution in [-0.2, 0) is 6.42 Å². The monoisotopic (exact) mass is 248 g/mol. The van der Waals surface area contributed by atoms with E-state index in [4.69, 9.17) is 4.74 Å². The van der Waals surface area contributed by atoms with Crippen molar-refractivity contribution < 1.29 is 9.84 Å². The van der Waals surface area contributed by atoms with E-state index >= 15 is 0 Å². The molecule has 1 fully saturated rings. The number of phenolic OH excluding ortho intramolecular Hbond substituents is 1. The molecule has 1 aliphatic rings. The lowest BCUT2D eigenvalue weighted by Crippen LogP contribution is -2.29. The van der Waals surface area contributed by atoms with Crippen molar-refractivity contribution in [3.8, 4) is 11.5 Å². The van der Waals surface area contributed by atoms with Crippen LogP contribution < -0.4 is 4.74 Å². The smallest absolute Gasteiger partial charge is 0.160 e. The van der Waals surface area contributed by atoms with Crippen molar-refractivity contribution in [1.29, 1.82) is 0 Å². The number of phenols is 1. The van der Waals surface area contributed by atoms with Crippen molar-refractivity contribution in [3.63, 3.8) is 0 Å². The molecule has 2 nitrogen and oxygen atoms in total. The Morgan fingerprint density at radius 1 is 1.33 bits per heavy atom. The summed E-state index contributed by atoms with van der Waals surface area (Å²) in [6, 6.07) is 5.73. The molecule has 0 spiro atoms. The van der Waals surface area contributed by atoms with Crippen molar-refractivity contribution in [2.75, 3.05) is 7.11 Å². The largest absolute Gasteiger partial charge is 0.504 e. The summed E-state index contributed by atoms with van der Waals surface area (Å²) < 4.78 is 5.18.